The van der Waals surface area contributed by atoms with Gasteiger partial charge in [0.25, 0.3) is 0 Å². The van der Waals surface area contributed by atoms with Crippen LogP contribution in [0.5, 0.6) is 0 Å². The average molecular weight is 513 g/mol. The summed E-state index contributed by atoms with van der Waals surface area (Å²) in [6.45, 7) is 0. The number of ketones is 2. The van der Waals surface area contributed by atoms with Crippen molar-refractivity contribution in [3.63, 3.8) is 0 Å². The summed E-state index contributed by atoms with van der Waals surface area (Å²) in [6, 6.07) is 6.43. The number of hydrogen-bond donors (Lipinski definition) is 2. The van der Waals surface area contributed by atoms with Crippen molar-refractivity contribution in [2.75, 3.05) is 5.32 Å². The molecular formula is C26H25F6NO3. The molecular weight excluding hydrogens is 488 g/mol. The third-order valence-corrected chi connectivity index (χ3v) is 6.54. The van der Waals surface area contributed by atoms with Gasteiger partial charge in [0.2, 0.25) is 0 Å². The van der Waals surface area contributed by atoms with Crippen LogP contribution in [-0.2, 0) is 30.0 Å². The fourth-order valence-electron chi connectivity index (χ4n) is 4.84. The molecule has 2 aliphatic carbocycles. The van der Waals surface area contributed by atoms with E-state index in [9.17, 15) is 41.0 Å². The Hall–Kier alpha value is -3.14. The number of aliphatic hydroxyl groups is 1. The standard InChI is InChI=1S/C26H23F6NO3.H2/c27-25(28,29)20-6-1-3-14-8-10-19(24(36)23(14)20)22(35)11-15-7-9-17(13-21(15)26(30,31)32)33-16-4-2-5-18(34)12-16;/h1,3,6-7,9-10,13,16,18,33-34H,2,4-5,8,11-12H2;1H/t16?,18-;/m0./s1. The number of fused-ring (bicyclic) bond motifs is 1. The maximum atomic E-state index is 13.8. The van der Waals surface area contributed by atoms with Crippen molar-refractivity contribution in [3.8, 4) is 0 Å². The average Bonchev–Trinajstić information content (AvgIpc) is 2.78. The largest absolute Gasteiger partial charge is 0.417 e. The van der Waals surface area contributed by atoms with Crippen LogP contribution >= 0.6 is 0 Å². The predicted octanol–water partition coefficient (Wildman–Crippen LogP) is 6.16. The van der Waals surface area contributed by atoms with E-state index in [4.69, 9.17) is 0 Å². The number of rotatable bonds is 5. The second kappa shape index (κ2) is 9.72. The minimum absolute atomic E-state index is 0. The molecule has 4 nitrogen and oxygen atoms in total. The molecule has 2 N–H and O–H groups in total. The van der Waals surface area contributed by atoms with Gasteiger partial charge in [-0.25, -0.2) is 0 Å². The van der Waals surface area contributed by atoms with Gasteiger partial charge in [-0.05, 0) is 61.4 Å². The summed E-state index contributed by atoms with van der Waals surface area (Å²) in [4.78, 5) is 25.7. The van der Waals surface area contributed by atoms with Crippen LogP contribution in [0.3, 0.4) is 0 Å². The normalized spacial score (nSPS) is 20.5. The number of nitrogens with one attached hydrogen (secondary N) is 1. The van der Waals surface area contributed by atoms with Crippen LogP contribution < -0.4 is 5.32 Å². The summed E-state index contributed by atoms with van der Waals surface area (Å²) >= 11 is 0. The number of carbonyl (C=O) groups is 2. The van der Waals surface area contributed by atoms with Crippen molar-refractivity contribution in [2.45, 2.75) is 63.0 Å². The number of allylic oxidation sites excluding steroid dienone is 2. The first kappa shape index (κ1) is 25.9. The fourth-order valence-corrected chi connectivity index (χ4v) is 4.84. The molecule has 0 bridgehead atoms. The molecule has 36 heavy (non-hydrogen) atoms. The Morgan fingerprint density at radius 2 is 1.75 bits per heavy atom. The zero-order chi connectivity index (χ0) is 26.3. The molecule has 0 aliphatic heterocycles. The molecule has 2 aliphatic rings. The highest BCUT2D eigenvalue weighted by molar-refractivity contribution is 6.28. The van der Waals surface area contributed by atoms with E-state index in [0.717, 1.165) is 30.7 Å². The van der Waals surface area contributed by atoms with E-state index in [0.29, 0.717) is 19.3 Å². The molecule has 10 heteroatoms. The number of benzene rings is 2. The molecule has 0 spiro atoms. The zero-order valence-electron chi connectivity index (χ0n) is 19.0. The van der Waals surface area contributed by atoms with Gasteiger partial charge in [0, 0.05) is 25.1 Å². The SMILES string of the molecule is O=C(Cc1ccc(NC2CCC[C@H](O)C2)cc1C(F)(F)F)C1=CCc2cccc(C(F)(F)F)c2C1=O.[HH]. The van der Waals surface area contributed by atoms with Gasteiger partial charge >= 0.3 is 12.4 Å². The molecule has 2 atom stereocenters. The molecule has 1 saturated carbocycles. The molecule has 0 heterocycles. The molecule has 0 aromatic heterocycles. The lowest BCUT2D eigenvalue weighted by molar-refractivity contribution is -0.139. The van der Waals surface area contributed by atoms with Crippen LogP contribution in [0.2, 0.25) is 0 Å². The van der Waals surface area contributed by atoms with E-state index in [1.54, 1.807) is 0 Å². The smallest absolute Gasteiger partial charge is 0.393 e. The minimum Gasteiger partial charge on any atom is -0.393 e. The highest BCUT2D eigenvalue weighted by Gasteiger charge is 2.39. The molecule has 2 aromatic carbocycles. The van der Waals surface area contributed by atoms with Crippen molar-refractivity contribution >= 4 is 17.3 Å². The molecule has 194 valence electrons. The minimum atomic E-state index is -4.83. The van der Waals surface area contributed by atoms with Gasteiger partial charge in [-0.1, -0.05) is 24.3 Å². The van der Waals surface area contributed by atoms with Crippen LogP contribution in [0.1, 0.15) is 59.7 Å². The number of alkyl halides is 6. The monoisotopic (exact) mass is 513 g/mol. The summed E-state index contributed by atoms with van der Waals surface area (Å²) in [5, 5.41) is 12.8. The topological polar surface area (TPSA) is 66.4 Å². The zero-order valence-corrected chi connectivity index (χ0v) is 19.0. The summed E-state index contributed by atoms with van der Waals surface area (Å²) in [5.74, 6) is -2.12. The van der Waals surface area contributed by atoms with Crippen molar-refractivity contribution in [2.24, 2.45) is 0 Å². The first-order chi connectivity index (χ1) is 16.8. The molecule has 4 rings (SSSR count). The van der Waals surface area contributed by atoms with E-state index >= 15 is 0 Å². The van der Waals surface area contributed by atoms with Gasteiger partial charge in [-0.2, -0.15) is 26.3 Å². The Labute approximate surface area is 204 Å². The Morgan fingerprint density at radius 3 is 2.42 bits per heavy atom. The Kier molecular flexibility index (Phi) is 7.01. The van der Waals surface area contributed by atoms with E-state index in [1.807, 2.05) is 0 Å². The van der Waals surface area contributed by atoms with E-state index in [1.165, 1.54) is 18.2 Å². The van der Waals surface area contributed by atoms with Crippen LogP contribution in [0.4, 0.5) is 32.0 Å². The Balaban J connectivity index is 0.00000380. The third-order valence-electron chi connectivity index (χ3n) is 6.54. The maximum absolute atomic E-state index is 13.8. The van der Waals surface area contributed by atoms with Crippen molar-refractivity contribution < 1.29 is 42.5 Å². The van der Waals surface area contributed by atoms with Gasteiger partial charge in [0.05, 0.1) is 22.8 Å². The summed E-state index contributed by atoms with van der Waals surface area (Å²) in [5.41, 5.74) is -3.54. The van der Waals surface area contributed by atoms with Crippen molar-refractivity contribution in [1.29, 1.82) is 0 Å². The van der Waals surface area contributed by atoms with E-state index in [-0.39, 0.29) is 30.7 Å². The Morgan fingerprint density at radius 1 is 1.03 bits per heavy atom. The molecule has 0 amide bonds. The molecule has 1 unspecified atom stereocenters. The van der Waals surface area contributed by atoms with Crippen molar-refractivity contribution in [1.82, 2.24) is 0 Å². The predicted molar refractivity (Wildman–Crippen MR) is 122 cm³/mol. The molecule has 1 fully saturated rings. The number of anilines is 1. The lowest BCUT2D eigenvalue weighted by Gasteiger charge is -2.28. The van der Waals surface area contributed by atoms with Gasteiger partial charge in [-0.3, -0.25) is 9.59 Å². The third kappa shape index (κ3) is 5.48. The first-order valence-corrected chi connectivity index (χ1v) is 11.5. The van der Waals surface area contributed by atoms with Gasteiger partial charge in [0.15, 0.2) is 11.6 Å². The summed E-state index contributed by atoms with van der Waals surface area (Å²) in [7, 11) is 0. The Bertz CT molecular complexity index is 1220. The molecule has 2 aromatic rings. The molecule has 0 radical (unpaired) electrons. The van der Waals surface area contributed by atoms with Crippen LogP contribution in [0.25, 0.3) is 0 Å². The van der Waals surface area contributed by atoms with E-state index in [2.05, 4.69) is 5.32 Å². The summed E-state index contributed by atoms with van der Waals surface area (Å²) in [6.07, 6.45) is -7.43. The molecule has 0 saturated heterocycles. The van der Waals surface area contributed by atoms with Crippen molar-refractivity contribution in [3.05, 3.63) is 75.9 Å². The lowest BCUT2D eigenvalue weighted by atomic mass is 9.84. The lowest BCUT2D eigenvalue weighted by Crippen LogP contribution is -2.30. The van der Waals surface area contributed by atoms with Crippen LogP contribution in [0.15, 0.2) is 48.0 Å². The number of Topliss-reactive ketones (excluding diaryl/α,β-unsaturated/α-hetero) is 2. The highest BCUT2D eigenvalue weighted by Crippen LogP contribution is 2.38. The highest BCUT2D eigenvalue weighted by atomic mass is 19.4. The number of aliphatic hydroxyl groups excluding tert-OH is 1. The number of halogens is 6. The fraction of sp³-hybridized carbons (Fsp3) is 0.385. The second-order valence-electron chi connectivity index (χ2n) is 9.12. The van der Waals surface area contributed by atoms with E-state index < -0.39 is 58.7 Å². The summed E-state index contributed by atoms with van der Waals surface area (Å²) < 4.78 is 81.8. The van der Waals surface area contributed by atoms with Gasteiger partial charge < -0.3 is 10.4 Å². The number of hydrogen-bond acceptors (Lipinski definition) is 4. The number of carbonyl (C=O) groups excluding carboxylic acids is 2. The van der Waals surface area contributed by atoms with Gasteiger partial charge in [0.1, 0.15) is 0 Å². The second-order valence-corrected chi connectivity index (χ2v) is 9.12. The first-order valence-electron chi connectivity index (χ1n) is 11.5. The van der Waals surface area contributed by atoms with Crippen LogP contribution in [0, 0.1) is 0 Å². The quantitative estimate of drug-likeness (QED) is 0.371. The maximum Gasteiger partial charge on any atom is 0.417 e. The van der Waals surface area contributed by atoms with Crippen LogP contribution in [-0.4, -0.2) is 28.8 Å². The van der Waals surface area contributed by atoms with Gasteiger partial charge in [-0.15, -0.1) is 0 Å².